The molecular weight excluding hydrogens is 368 g/mol. The molecule has 5 rings (SSSR count). The van der Waals surface area contributed by atoms with Crippen molar-refractivity contribution >= 4 is 22.9 Å². The van der Waals surface area contributed by atoms with Crippen LogP contribution in [0, 0.1) is 5.92 Å². The molecule has 1 saturated heterocycles. The summed E-state index contributed by atoms with van der Waals surface area (Å²) >= 11 is 0. The average molecular weight is 390 g/mol. The van der Waals surface area contributed by atoms with Crippen LogP contribution in [0.2, 0.25) is 0 Å². The molecule has 29 heavy (non-hydrogen) atoms. The minimum Gasteiger partial charge on any atom is -0.496 e. The first-order valence-corrected chi connectivity index (χ1v) is 9.88. The zero-order chi connectivity index (χ0) is 19.8. The summed E-state index contributed by atoms with van der Waals surface area (Å²) in [4.78, 5) is 17.2. The van der Waals surface area contributed by atoms with Gasteiger partial charge in [-0.25, -0.2) is 4.98 Å². The van der Waals surface area contributed by atoms with E-state index in [2.05, 4.69) is 20.5 Å². The minimum absolute atomic E-state index is 0.130. The summed E-state index contributed by atoms with van der Waals surface area (Å²) in [5, 5.41) is 11.4. The van der Waals surface area contributed by atoms with E-state index in [1.807, 2.05) is 18.2 Å². The van der Waals surface area contributed by atoms with Crippen molar-refractivity contribution in [3.63, 3.8) is 0 Å². The number of rotatable bonds is 4. The number of hydrogen-bond donors (Lipinski definition) is 2. The third-order valence-corrected chi connectivity index (χ3v) is 5.70. The van der Waals surface area contributed by atoms with Crippen molar-refractivity contribution in [2.24, 2.45) is 5.92 Å². The molecule has 2 N–H and O–H groups in total. The summed E-state index contributed by atoms with van der Waals surface area (Å²) in [5.74, 6) is 2.08. The highest BCUT2D eigenvalue weighted by atomic mass is 16.5. The monoisotopic (exact) mass is 390 g/mol. The number of carbonyl (C=O) groups excluding carboxylic acids is 1. The Morgan fingerprint density at radius 1 is 1.28 bits per heavy atom. The van der Waals surface area contributed by atoms with Crippen LogP contribution in [0.5, 0.6) is 11.5 Å². The van der Waals surface area contributed by atoms with Gasteiger partial charge < -0.3 is 14.8 Å². The number of pyridine rings is 1. The highest BCUT2D eigenvalue weighted by molar-refractivity contribution is 6.15. The van der Waals surface area contributed by atoms with Crippen molar-refractivity contribution < 1.29 is 14.3 Å². The second kappa shape index (κ2) is 7.33. The Hall–Kier alpha value is -3.19. The van der Waals surface area contributed by atoms with E-state index in [-0.39, 0.29) is 11.5 Å². The Labute approximate surface area is 168 Å². The molecular formula is C22H22N4O3. The Morgan fingerprint density at radius 3 is 2.97 bits per heavy atom. The fourth-order valence-corrected chi connectivity index (χ4v) is 4.16. The van der Waals surface area contributed by atoms with Crippen LogP contribution in [0.4, 0.5) is 0 Å². The first kappa shape index (κ1) is 17.9. The Morgan fingerprint density at radius 2 is 2.14 bits per heavy atom. The van der Waals surface area contributed by atoms with Crippen molar-refractivity contribution in [2.75, 3.05) is 20.2 Å². The first-order chi connectivity index (χ1) is 14.2. The van der Waals surface area contributed by atoms with Gasteiger partial charge in [-0.15, -0.1) is 0 Å². The van der Waals surface area contributed by atoms with Crippen LogP contribution in [-0.4, -0.2) is 41.2 Å². The van der Waals surface area contributed by atoms with E-state index in [0.717, 1.165) is 49.1 Å². The molecule has 2 aliphatic heterocycles. The van der Waals surface area contributed by atoms with Crippen LogP contribution in [0.1, 0.15) is 34.5 Å². The molecule has 2 aromatic heterocycles. The van der Waals surface area contributed by atoms with Gasteiger partial charge in [0, 0.05) is 23.2 Å². The van der Waals surface area contributed by atoms with Crippen LogP contribution < -0.4 is 14.8 Å². The zero-order valence-electron chi connectivity index (χ0n) is 16.2. The third kappa shape index (κ3) is 3.17. The first-order valence-electron chi connectivity index (χ1n) is 9.88. The molecule has 0 saturated carbocycles. The maximum absolute atomic E-state index is 13.0. The largest absolute Gasteiger partial charge is 0.496 e. The minimum atomic E-state index is -0.130. The molecule has 0 atom stereocenters. The van der Waals surface area contributed by atoms with Gasteiger partial charge in [0.05, 0.1) is 18.4 Å². The number of ketones is 1. The van der Waals surface area contributed by atoms with Crippen molar-refractivity contribution in [3.05, 3.63) is 53.0 Å². The van der Waals surface area contributed by atoms with Gasteiger partial charge in [-0.3, -0.25) is 9.89 Å². The maximum atomic E-state index is 13.0. The van der Waals surface area contributed by atoms with Gasteiger partial charge in [-0.1, -0.05) is 0 Å². The molecule has 0 radical (unpaired) electrons. The number of carbonyl (C=O) groups is 1. The number of piperidine rings is 1. The number of benzene rings is 1. The van der Waals surface area contributed by atoms with Gasteiger partial charge in [0.1, 0.15) is 11.5 Å². The summed E-state index contributed by atoms with van der Waals surface area (Å²) < 4.78 is 11.7. The second-order valence-corrected chi connectivity index (χ2v) is 7.47. The number of ether oxygens (including phenoxy) is 2. The predicted octanol–water partition coefficient (Wildman–Crippen LogP) is 3.12. The van der Waals surface area contributed by atoms with E-state index in [1.165, 1.54) is 0 Å². The van der Waals surface area contributed by atoms with E-state index in [1.54, 1.807) is 25.4 Å². The van der Waals surface area contributed by atoms with Crippen LogP contribution >= 0.6 is 0 Å². The molecule has 0 aliphatic carbocycles. The summed E-state index contributed by atoms with van der Waals surface area (Å²) in [5.41, 5.74) is 2.87. The molecule has 7 heteroatoms. The molecule has 4 heterocycles. The molecule has 0 bridgehead atoms. The average Bonchev–Trinajstić information content (AvgIpc) is 3.31. The lowest BCUT2D eigenvalue weighted by Gasteiger charge is -2.24. The fraction of sp³-hybridized carbons (Fsp3) is 0.318. The molecule has 148 valence electrons. The Balaban J connectivity index is 1.52. The molecule has 7 nitrogen and oxygen atoms in total. The smallest absolute Gasteiger partial charge is 0.232 e. The molecule has 2 aliphatic rings. The number of aromatic amines is 1. The van der Waals surface area contributed by atoms with E-state index < -0.39 is 0 Å². The number of nitrogens with zero attached hydrogens (tertiary/aromatic N) is 2. The standard InChI is InChI=1S/C22H22N4O3/c1-28-18-5-4-15-20(27)19(12-17-14-3-2-8-24-22(14)26-25-17)29-21(15)16(18)11-13-6-9-23-10-7-13/h2-5,8,12-13,23H,6-7,9-11H2,1H3,(H,24,25,26). The van der Waals surface area contributed by atoms with Crippen LogP contribution in [0.15, 0.2) is 36.2 Å². The van der Waals surface area contributed by atoms with Crippen molar-refractivity contribution in [2.45, 2.75) is 19.3 Å². The molecule has 1 fully saturated rings. The summed E-state index contributed by atoms with van der Waals surface area (Å²) in [6.45, 7) is 2.04. The normalized spacial score (nSPS) is 18.2. The molecule has 0 unspecified atom stereocenters. The number of allylic oxidation sites excluding steroid dienone is 1. The lowest BCUT2D eigenvalue weighted by atomic mass is 9.89. The Kier molecular flexibility index (Phi) is 4.52. The maximum Gasteiger partial charge on any atom is 0.232 e. The number of aromatic nitrogens is 3. The third-order valence-electron chi connectivity index (χ3n) is 5.70. The van der Waals surface area contributed by atoms with E-state index in [4.69, 9.17) is 9.47 Å². The lowest BCUT2D eigenvalue weighted by Crippen LogP contribution is -2.28. The van der Waals surface area contributed by atoms with Gasteiger partial charge in [0.15, 0.2) is 11.4 Å². The molecule has 3 aromatic rings. The van der Waals surface area contributed by atoms with Crippen LogP contribution in [0.3, 0.4) is 0 Å². The molecule has 0 amide bonds. The fourth-order valence-electron chi connectivity index (χ4n) is 4.16. The van der Waals surface area contributed by atoms with Crippen molar-refractivity contribution in [3.8, 4) is 11.5 Å². The highest BCUT2D eigenvalue weighted by Crippen LogP contribution is 2.41. The highest BCUT2D eigenvalue weighted by Gasteiger charge is 2.32. The summed E-state index contributed by atoms with van der Waals surface area (Å²) in [7, 11) is 1.66. The quantitative estimate of drug-likeness (QED) is 0.666. The zero-order valence-corrected chi connectivity index (χ0v) is 16.2. The number of fused-ring (bicyclic) bond motifs is 2. The number of nitrogens with one attached hydrogen (secondary N) is 2. The summed E-state index contributed by atoms with van der Waals surface area (Å²) in [6.07, 6.45) is 6.43. The van der Waals surface area contributed by atoms with Gasteiger partial charge >= 0.3 is 0 Å². The molecule has 1 aromatic carbocycles. The summed E-state index contributed by atoms with van der Waals surface area (Å²) in [6, 6.07) is 7.41. The number of hydrogen-bond acceptors (Lipinski definition) is 6. The SMILES string of the molecule is COc1ccc2c(c1CC1CCNCC1)OC(=Cc1n[nH]c3ncccc13)C2=O. The second-order valence-electron chi connectivity index (χ2n) is 7.47. The van der Waals surface area contributed by atoms with Gasteiger partial charge in [0.25, 0.3) is 0 Å². The van der Waals surface area contributed by atoms with Gasteiger partial charge in [0.2, 0.25) is 5.78 Å². The van der Waals surface area contributed by atoms with Crippen molar-refractivity contribution in [1.82, 2.24) is 20.5 Å². The topological polar surface area (TPSA) is 89.1 Å². The van der Waals surface area contributed by atoms with Gasteiger partial charge in [-0.05, 0) is 62.5 Å². The number of H-pyrrole nitrogens is 1. The van der Waals surface area contributed by atoms with Gasteiger partial charge in [-0.2, -0.15) is 5.10 Å². The van der Waals surface area contributed by atoms with Crippen LogP contribution in [0.25, 0.3) is 17.1 Å². The number of Topliss-reactive ketones (excluding diaryl/α,β-unsaturated/α-hetero) is 1. The van der Waals surface area contributed by atoms with E-state index in [0.29, 0.717) is 28.6 Å². The predicted molar refractivity (Wildman–Crippen MR) is 109 cm³/mol. The van der Waals surface area contributed by atoms with Crippen molar-refractivity contribution in [1.29, 1.82) is 0 Å². The van der Waals surface area contributed by atoms with E-state index >= 15 is 0 Å². The van der Waals surface area contributed by atoms with Crippen LogP contribution in [-0.2, 0) is 6.42 Å². The number of methoxy groups -OCH3 is 1. The molecule has 0 spiro atoms. The Bertz CT molecular complexity index is 1110. The van der Waals surface area contributed by atoms with E-state index in [9.17, 15) is 4.79 Å². The lowest BCUT2D eigenvalue weighted by molar-refractivity contribution is 0.101.